The number of carbonyl (C=O) groups is 2. The van der Waals surface area contributed by atoms with Crippen LogP contribution in [0.1, 0.15) is 5.69 Å². The van der Waals surface area contributed by atoms with Crippen molar-refractivity contribution in [3.63, 3.8) is 0 Å². The number of carbonyl (C=O) groups excluding carboxylic acids is 1. The molecule has 0 saturated carbocycles. The van der Waals surface area contributed by atoms with Crippen molar-refractivity contribution in [2.45, 2.75) is 0 Å². The number of nitrogens with zero attached hydrogens (tertiary/aromatic N) is 2. The minimum absolute atomic E-state index is 0.0983. The number of carboxylic acid groups (broad SMARTS) is 1. The van der Waals surface area contributed by atoms with E-state index in [0.29, 0.717) is 12.1 Å². The van der Waals surface area contributed by atoms with Crippen molar-refractivity contribution in [2.24, 2.45) is 5.16 Å². The van der Waals surface area contributed by atoms with Gasteiger partial charge in [-0.25, -0.2) is 4.79 Å². The first-order valence-corrected chi connectivity index (χ1v) is 4.20. The van der Waals surface area contributed by atoms with Crippen LogP contribution in [-0.2, 0) is 14.4 Å². The lowest BCUT2D eigenvalue weighted by molar-refractivity contribution is -0.129. The molecule has 1 rings (SSSR count). The van der Waals surface area contributed by atoms with Crippen LogP contribution in [0.2, 0.25) is 0 Å². The molecule has 0 aliphatic carbocycles. The van der Waals surface area contributed by atoms with Crippen LogP contribution in [0, 0.1) is 0 Å². The molecule has 0 fully saturated rings. The van der Waals surface area contributed by atoms with E-state index >= 15 is 0 Å². The Morgan fingerprint density at radius 2 is 2.44 bits per heavy atom. The molecule has 0 aliphatic heterocycles. The largest absolute Gasteiger partial charge is 0.476 e. The third kappa shape index (κ3) is 2.77. The van der Waals surface area contributed by atoms with Crippen molar-refractivity contribution < 1.29 is 19.5 Å². The first-order chi connectivity index (χ1) is 7.69. The fraction of sp³-hybridized carbons (Fsp3) is 0.111. The molecule has 1 heterocycles. The summed E-state index contributed by atoms with van der Waals surface area (Å²) in [7, 11) is 1.23. The number of hydrogen-bond donors (Lipinski definition) is 2. The molecule has 0 bridgehead atoms. The number of carboxylic acids is 1. The van der Waals surface area contributed by atoms with Gasteiger partial charge in [-0.05, 0) is 12.1 Å². The standard InChI is InChI=1S/C9H9N3O4/c1-16-12-8(9(14)15)7-4-6(11-5-13)2-3-10-7/h2-5H,1H3,(H,14,15)(H,10,11,13)/b12-8-. The molecule has 0 radical (unpaired) electrons. The molecular formula is C9H9N3O4. The molecule has 1 aromatic rings. The maximum Gasteiger partial charge on any atom is 0.360 e. The van der Waals surface area contributed by atoms with Gasteiger partial charge < -0.3 is 15.3 Å². The topological polar surface area (TPSA) is 101 Å². The van der Waals surface area contributed by atoms with Crippen molar-refractivity contribution in [1.29, 1.82) is 0 Å². The Balaban J connectivity index is 3.10. The Kier molecular flexibility index (Phi) is 3.96. The van der Waals surface area contributed by atoms with Gasteiger partial charge in [0.25, 0.3) is 0 Å². The SMILES string of the molecule is CO/N=C(\C(=O)O)c1cc(NC=O)ccn1. The van der Waals surface area contributed by atoms with Gasteiger partial charge in [0, 0.05) is 11.9 Å². The number of anilines is 1. The smallest absolute Gasteiger partial charge is 0.360 e. The quantitative estimate of drug-likeness (QED) is 0.418. The molecule has 84 valence electrons. The summed E-state index contributed by atoms with van der Waals surface area (Å²) in [6.07, 6.45) is 1.84. The number of amides is 1. The maximum absolute atomic E-state index is 10.8. The van der Waals surface area contributed by atoms with Crippen molar-refractivity contribution in [3.05, 3.63) is 24.0 Å². The lowest BCUT2D eigenvalue weighted by Crippen LogP contribution is -2.16. The predicted molar refractivity (Wildman–Crippen MR) is 55.1 cm³/mol. The monoisotopic (exact) mass is 223 g/mol. The van der Waals surface area contributed by atoms with Crippen LogP contribution in [0.4, 0.5) is 5.69 Å². The summed E-state index contributed by atoms with van der Waals surface area (Å²) in [5, 5.41) is 14.5. The number of pyridine rings is 1. The average molecular weight is 223 g/mol. The lowest BCUT2D eigenvalue weighted by atomic mass is 10.2. The highest BCUT2D eigenvalue weighted by molar-refractivity contribution is 6.41. The zero-order valence-corrected chi connectivity index (χ0v) is 8.38. The van der Waals surface area contributed by atoms with Crippen LogP contribution in [0.15, 0.2) is 23.5 Å². The van der Waals surface area contributed by atoms with Crippen molar-refractivity contribution in [1.82, 2.24) is 4.98 Å². The van der Waals surface area contributed by atoms with Crippen LogP contribution >= 0.6 is 0 Å². The van der Waals surface area contributed by atoms with Gasteiger partial charge in [0.05, 0.1) is 0 Å². The predicted octanol–water partition coefficient (Wildman–Crippen LogP) is 0.0850. The molecule has 1 aromatic heterocycles. The molecule has 16 heavy (non-hydrogen) atoms. The number of oxime groups is 1. The van der Waals surface area contributed by atoms with Gasteiger partial charge in [0.2, 0.25) is 12.1 Å². The second kappa shape index (κ2) is 5.44. The number of nitrogens with one attached hydrogen (secondary N) is 1. The van der Waals surface area contributed by atoms with E-state index in [1.807, 2.05) is 0 Å². The summed E-state index contributed by atoms with van der Waals surface area (Å²) < 4.78 is 0. The van der Waals surface area contributed by atoms with Gasteiger partial charge in [-0.3, -0.25) is 9.78 Å². The Morgan fingerprint density at radius 3 is 3.00 bits per heavy atom. The summed E-state index contributed by atoms with van der Waals surface area (Å²) in [5.41, 5.74) is 0.184. The highest BCUT2D eigenvalue weighted by Crippen LogP contribution is 2.08. The lowest BCUT2D eigenvalue weighted by Gasteiger charge is -2.02. The van der Waals surface area contributed by atoms with E-state index in [1.54, 1.807) is 0 Å². The molecule has 7 heteroatoms. The summed E-state index contributed by atoms with van der Waals surface area (Å²) in [6, 6.07) is 2.89. The molecule has 0 saturated heterocycles. The van der Waals surface area contributed by atoms with Crippen LogP contribution in [0.3, 0.4) is 0 Å². The molecule has 1 amide bonds. The summed E-state index contributed by atoms with van der Waals surface area (Å²) in [6.45, 7) is 0. The highest BCUT2D eigenvalue weighted by atomic mass is 16.6. The summed E-state index contributed by atoms with van der Waals surface area (Å²) in [5.74, 6) is -1.27. The van der Waals surface area contributed by atoms with Crippen molar-refractivity contribution >= 4 is 23.8 Å². The minimum Gasteiger partial charge on any atom is -0.476 e. The van der Waals surface area contributed by atoms with Crippen LogP contribution < -0.4 is 5.32 Å². The molecule has 0 atom stereocenters. The van der Waals surface area contributed by atoms with Gasteiger partial charge in [0.1, 0.15) is 12.8 Å². The first-order valence-electron chi connectivity index (χ1n) is 4.20. The third-order valence-electron chi connectivity index (χ3n) is 1.61. The number of hydrogen-bond acceptors (Lipinski definition) is 5. The molecule has 7 nitrogen and oxygen atoms in total. The van der Waals surface area contributed by atoms with Gasteiger partial charge in [-0.15, -0.1) is 0 Å². The average Bonchev–Trinajstić information content (AvgIpc) is 2.26. The second-order valence-electron chi connectivity index (χ2n) is 2.62. The van der Waals surface area contributed by atoms with Gasteiger partial charge >= 0.3 is 5.97 Å². The van der Waals surface area contributed by atoms with E-state index in [4.69, 9.17) is 5.11 Å². The van der Waals surface area contributed by atoms with Crippen LogP contribution in [-0.4, -0.2) is 35.3 Å². The summed E-state index contributed by atoms with van der Waals surface area (Å²) in [4.78, 5) is 29.2. The van der Waals surface area contributed by atoms with Gasteiger partial charge in [0.15, 0.2) is 0 Å². The second-order valence-corrected chi connectivity index (χ2v) is 2.62. The Bertz CT molecular complexity index is 431. The van der Waals surface area contributed by atoms with Gasteiger partial charge in [-0.1, -0.05) is 5.16 Å². The normalized spacial score (nSPS) is 10.7. The Hall–Kier alpha value is -2.44. The Labute approximate surface area is 90.7 Å². The molecule has 0 aliphatic rings. The fourth-order valence-corrected chi connectivity index (χ4v) is 1.00. The maximum atomic E-state index is 10.8. The number of aromatic nitrogens is 1. The van der Waals surface area contributed by atoms with E-state index in [2.05, 4.69) is 20.3 Å². The highest BCUT2D eigenvalue weighted by Gasteiger charge is 2.15. The number of rotatable bonds is 5. The van der Waals surface area contributed by atoms with Gasteiger partial charge in [-0.2, -0.15) is 0 Å². The van der Waals surface area contributed by atoms with E-state index in [0.717, 1.165) is 0 Å². The molecule has 0 unspecified atom stereocenters. The summed E-state index contributed by atoms with van der Waals surface area (Å²) >= 11 is 0. The van der Waals surface area contributed by atoms with Crippen LogP contribution in [0.5, 0.6) is 0 Å². The Morgan fingerprint density at radius 1 is 1.69 bits per heavy atom. The first kappa shape index (κ1) is 11.6. The third-order valence-corrected chi connectivity index (χ3v) is 1.61. The van der Waals surface area contributed by atoms with Crippen LogP contribution in [0.25, 0.3) is 0 Å². The minimum atomic E-state index is -1.27. The van der Waals surface area contributed by atoms with E-state index in [-0.39, 0.29) is 11.4 Å². The zero-order valence-electron chi connectivity index (χ0n) is 8.38. The number of aliphatic carboxylic acids is 1. The van der Waals surface area contributed by atoms with E-state index < -0.39 is 5.97 Å². The molecule has 0 spiro atoms. The molecule has 2 N–H and O–H groups in total. The van der Waals surface area contributed by atoms with E-state index in [9.17, 15) is 9.59 Å². The zero-order chi connectivity index (χ0) is 12.0. The van der Waals surface area contributed by atoms with E-state index in [1.165, 1.54) is 25.4 Å². The molecule has 0 aromatic carbocycles. The molecular weight excluding hydrogens is 214 g/mol. The van der Waals surface area contributed by atoms with Crippen molar-refractivity contribution in [3.8, 4) is 0 Å². The van der Waals surface area contributed by atoms with Crippen molar-refractivity contribution in [2.75, 3.05) is 12.4 Å². The fourth-order valence-electron chi connectivity index (χ4n) is 1.00.